The Hall–Kier alpha value is -0.550. The average Bonchev–Trinajstić information content (AvgIpc) is 2.14. The zero-order valence-corrected chi connectivity index (χ0v) is 10.9. The van der Waals surface area contributed by atoms with Gasteiger partial charge in [-0.1, -0.05) is 0 Å². The first kappa shape index (κ1) is 13.5. The number of primary sulfonamides is 1. The molecule has 9 heteroatoms. The molecule has 5 nitrogen and oxygen atoms in total. The number of methoxy groups -OCH3 is 1. The van der Waals surface area contributed by atoms with E-state index in [-0.39, 0.29) is 9.32 Å². The fraction of sp³-hybridized carbons (Fsp3) is 0.286. The predicted molar refractivity (Wildman–Crippen MR) is 59.8 cm³/mol. The van der Waals surface area contributed by atoms with Crippen LogP contribution in [0.2, 0.25) is 0 Å². The Morgan fingerprint density at radius 2 is 2.12 bits per heavy atom. The van der Waals surface area contributed by atoms with Crippen molar-refractivity contribution in [2.75, 3.05) is 7.11 Å². The lowest BCUT2D eigenvalue weighted by Gasteiger charge is -2.10. The number of sulfonamides is 1. The Bertz CT molecular complexity index is 507. The number of halogens is 3. The van der Waals surface area contributed by atoms with Crippen LogP contribution in [0.3, 0.4) is 0 Å². The Morgan fingerprint density at radius 1 is 1.56 bits per heavy atom. The fourth-order valence-corrected chi connectivity index (χ4v) is 2.50. The number of ether oxygens (including phenoxy) is 1. The minimum absolute atomic E-state index is 0.150. The summed E-state index contributed by atoms with van der Waals surface area (Å²) in [5.74, 6) is -0.150. The van der Waals surface area contributed by atoms with Crippen LogP contribution >= 0.6 is 22.6 Å². The van der Waals surface area contributed by atoms with Gasteiger partial charge in [0.25, 0.3) is 16.4 Å². The molecule has 0 bridgehead atoms. The lowest BCUT2D eigenvalue weighted by Crippen LogP contribution is -2.16. The highest BCUT2D eigenvalue weighted by molar-refractivity contribution is 14.1. The summed E-state index contributed by atoms with van der Waals surface area (Å²) in [6, 6.07) is 1.07. The lowest BCUT2D eigenvalue weighted by molar-refractivity contribution is 0.140. The van der Waals surface area contributed by atoms with E-state index in [1.165, 1.54) is 7.11 Å². The second-order valence-corrected chi connectivity index (χ2v) is 5.38. The van der Waals surface area contributed by atoms with Crippen molar-refractivity contribution in [2.24, 2.45) is 5.14 Å². The molecule has 90 valence electrons. The highest BCUT2D eigenvalue weighted by Crippen LogP contribution is 2.32. The predicted octanol–water partition coefficient (Wildman–Crippen LogP) is 1.28. The van der Waals surface area contributed by atoms with Gasteiger partial charge in [-0.25, -0.2) is 27.3 Å². The molecule has 2 N–H and O–H groups in total. The number of pyridine rings is 1. The molecule has 0 saturated heterocycles. The lowest BCUT2D eigenvalue weighted by atomic mass is 10.3. The molecule has 0 aliphatic carbocycles. The van der Waals surface area contributed by atoms with Crippen LogP contribution in [0, 0.1) is 3.57 Å². The van der Waals surface area contributed by atoms with Gasteiger partial charge in [-0.05, 0) is 28.7 Å². The summed E-state index contributed by atoms with van der Waals surface area (Å²) < 4.78 is 52.1. The summed E-state index contributed by atoms with van der Waals surface area (Å²) in [6.07, 6.45) is -2.94. The van der Waals surface area contributed by atoms with Gasteiger partial charge in [-0.3, -0.25) is 0 Å². The van der Waals surface area contributed by atoms with Crippen LogP contribution in [0.15, 0.2) is 11.1 Å². The second kappa shape index (κ2) is 4.75. The van der Waals surface area contributed by atoms with Crippen molar-refractivity contribution in [1.29, 1.82) is 0 Å². The fourth-order valence-electron chi connectivity index (χ4n) is 0.994. The number of nitrogens with zero attached hydrogens (tertiary/aromatic N) is 1. The van der Waals surface area contributed by atoms with Gasteiger partial charge in [0.2, 0.25) is 0 Å². The average molecular weight is 364 g/mol. The summed E-state index contributed by atoms with van der Waals surface area (Å²) in [6.45, 7) is 0. The maximum atomic E-state index is 12.6. The van der Waals surface area contributed by atoms with E-state index in [2.05, 4.69) is 4.98 Å². The van der Waals surface area contributed by atoms with E-state index >= 15 is 0 Å². The zero-order valence-electron chi connectivity index (χ0n) is 7.95. The molecule has 0 radical (unpaired) electrons. The minimum atomic E-state index is -4.11. The zero-order chi connectivity index (χ0) is 12.5. The monoisotopic (exact) mass is 364 g/mol. The van der Waals surface area contributed by atoms with E-state index in [0.29, 0.717) is 0 Å². The molecular weight excluding hydrogens is 357 g/mol. The van der Waals surface area contributed by atoms with Gasteiger partial charge in [0, 0.05) is 0 Å². The summed E-state index contributed by atoms with van der Waals surface area (Å²) >= 11 is 1.67. The number of hydrogen-bond acceptors (Lipinski definition) is 4. The molecule has 0 spiro atoms. The molecule has 0 unspecified atom stereocenters. The third-order valence-corrected chi connectivity index (χ3v) is 3.23. The number of alkyl halides is 2. The van der Waals surface area contributed by atoms with Crippen molar-refractivity contribution in [2.45, 2.75) is 11.5 Å². The van der Waals surface area contributed by atoms with Gasteiger partial charge in [0.05, 0.1) is 10.7 Å². The van der Waals surface area contributed by atoms with Crippen LogP contribution in [0.4, 0.5) is 8.78 Å². The first-order valence-electron chi connectivity index (χ1n) is 3.82. The number of nitrogens with two attached hydrogens (primary N) is 1. The molecule has 0 fully saturated rings. The van der Waals surface area contributed by atoms with E-state index in [1.807, 2.05) is 0 Å². The van der Waals surface area contributed by atoms with Crippen molar-refractivity contribution in [1.82, 2.24) is 4.98 Å². The van der Waals surface area contributed by atoms with E-state index in [1.54, 1.807) is 22.6 Å². The van der Waals surface area contributed by atoms with E-state index < -0.39 is 27.2 Å². The number of rotatable bonds is 3. The molecule has 0 aliphatic rings. The van der Waals surface area contributed by atoms with E-state index in [9.17, 15) is 17.2 Å². The van der Waals surface area contributed by atoms with Gasteiger partial charge in [-0.2, -0.15) is 0 Å². The normalized spacial score (nSPS) is 11.9. The summed E-state index contributed by atoms with van der Waals surface area (Å²) in [7, 11) is -2.92. The van der Waals surface area contributed by atoms with Crippen LogP contribution < -0.4 is 9.88 Å². The Kier molecular flexibility index (Phi) is 4.02. The van der Waals surface area contributed by atoms with Crippen molar-refractivity contribution in [3.63, 3.8) is 0 Å². The van der Waals surface area contributed by atoms with Crippen LogP contribution in [0.25, 0.3) is 0 Å². The first-order chi connectivity index (χ1) is 7.27. The van der Waals surface area contributed by atoms with Crippen LogP contribution in [-0.4, -0.2) is 20.5 Å². The maximum Gasteiger partial charge on any atom is 0.284 e. The van der Waals surface area contributed by atoms with E-state index in [0.717, 1.165) is 6.07 Å². The van der Waals surface area contributed by atoms with Gasteiger partial charge in [-0.15, -0.1) is 0 Å². The van der Waals surface area contributed by atoms with Crippen LogP contribution in [0.5, 0.6) is 5.75 Å². The van der Waals surface area contributed by atoms with Crippen molar-refractivity contribution < 1.29 is 21.9 Å². The highest BCUT2D eigenvalue weighted by atomic mass is 127. The van der Waals surface area contributed by atoms with Crippen molar-refractivity contribution >= 4 is 32.6 Å². The van der Waals surface area contributed by atoms with Gasteiger partial charge in [0.1, 0.15) is 0 Å². The third kappa shape index (κ3) is 2.77. The molecule has 16 heavy (non-hydrogen) atoms. The van der Waals surface area contributed by atoms with Crippen LogP contribution in [0.1, 0.15) is 12.1 Å². The van der Waals surface area contributed by atoms with Crippen molar-refractivity contribution in [3.05, 3.63) is 15.3 Å². The van der Waals surface area contributed by atoms with Crippen LogP contribution in [-0.2, 0) is 10.0 Å². The summed E-state index contributed by atoms with van der Waals surface area (Å²) in [5.41, 5.74) is -0.738. The van der Waals surface area contributed by atoms with E-state index in [4.69, 9.17) is 9.88 Å². The molecule has 1 aromatic heterocycles. The molecule has 0 aliphatic heterocycles. The topological polar surface area (TPSA) is 82.3 Å². The minimum Gasteiger partial charge on any atom is -0.493 e. The molecule has 0 aromatic carbocycles. The molecular formula is C7H7F2IN2O3S. The quantitative estimate of drug-likeness (QED) is 0.820. The molecule has 1 aromatic rings. The largest absolute Gasteiger partial charge is 0.493 e. The van der Waals surface area contributed by atoms with Gasteiger partial charge < -0.3 is 4.74 Å². The summed E-state index contributed by atoms with van der Waals surface area (Å²) in [4.78, 5) is 3.28. The SMILES string of the molecule is COc1c(I)cc(S(N)(=O)=O)nc1C(F)F. The Morgan fingerprint density at radius 3 is 2.50 bits per heavy atom. The number of hydrogen-bond donors (Lipinski definition) is 1. The maximum absolute atomic E-state index is 12.6. The molecule has 0 amide bonds. The molecule has 1 rings (SSSR count). The first-order valence-corrected chi connectivity index (χ1v) is 6.45. The smallest absolute Gasteiger partial charge is 0.284 e. The molecule has 0 saturated carbocycles. The molecule has 0 atom stereocenters. The van der Waals surface area contributed by atoms with Crippen molar-refractivity contribution in [3.8, 4) is 5.75 Å². The summed E-state index contributed by atoms with van der Waals surface area (Å²) in [5, 5.41) is 4.20. The Balaban J connectivity index is 3.52. The van der Waals surface area contributed by atoms with Gasteiger partial charge in [0.15, 0.2) is 16.5 Å². The highest BCUT2D eigenvalue weighted by Gasteiger charge is 2.23. The molecule has 1 heterocycles. The third-order valence-electron chi connectivity index (χ3n) is 1.63. The standard InChI is InChI=1S/C7H7F2IN2O3S/c1-15-6-3(10)2-4(16(11,13)14)12-5(6)7(8)9/h2,7H,1H3,(H2,11,13,14). The second-order valence-electron chi connectivity index (χ2n) is 2.71. The number of aromatic nitrogens is 1. The van der Waals surface area contributed by atoms with Gasteiger partial charge >= 0.3 is 0 Å². The Labute approximate surface area is 104 Å².